The molecule has 3 rings (SSSR count). The third kappa shape index (κ3) is 27.2. The quantitative estimate of drug-likeness (QED) is 0.0201. The second kappa shape index (κ2) is 35.6. The lowest BCUT2D eigenvalue weighted by atomic mass is 10.0. The molecule has 4 atom stereocenters. The standard InChI is InChI=1S/C52H88N12O13S2/c1-4-5-6-7-8-9-10-11-12-13-14-15-16-22-45(65)59-44(26-34-79(75,76)77)49(69)61-43(25-33-78(72,73)74)48(68)56-27-18-17-20-38(2)50(70)63-31-29-62(30-32-63)39-23-24-41-40(35-39)51(71)64(37-58-41)36-46(66)60-42(47(67)55-3)21-19-28-57-52(53)54/h23-24,35,37-38,42-44H,4-22,25-34,36H2,1-3H3,(H,55,67)(H,56,68)(H,59,65)(H,60,66)(H,61,69)(H4,53,54,57)(H,72,73,74)(H,75,76,77)/t38-,42-,43-,44-/m0/s1. The molecule has 1 aliphatic heterocycles. The third-order valence-electron chi connectivity index (χ3n) is 13.8. The molecule has 0 radical (unpaired) electrons. The summed E-state index contributed by atoms with van der Waals surface area (Å²) in [6, 6.07) is 1.38. The highest BCUT2D eigenvalue weighted by Crippen LogP contribution is 2.22. The summed E-state index contributed by atoms with van der Waals surface area (Å²) in [6.07, 6.45) is 16.7. The Morgan fingerprint density at radius 2 is 1.24 bits per heavy atom. The zero-order valence-corrected chi connectivity index (χ0v) is 48.1. The molecule has 0 unspecified atom stereocenters. The highest BCUT2D eigenvalue weighted by Gasteiger charge is 2.30. The van der Waals surface area contributed by atoms with Gasteiger partial charge in [0.2, 0.25) is 35.4 Å². The second-order valence-corrected chi connectivity index (χ2v) is 23.5. The monoisotopic (exact) mass is 1150 g/mol. The lowest BCUT2D eigenvalue weighted by molar-refractivity contribution is -0.135. The van der Waals surface area contributed by atoms with E-state index in [0.717, 1.165) is 31.4 Å². The van der Waals surface area contributed by atoms with Crippen LogP contribution in [0.15, 0.2) is 34.3 Å². The topological polar surface area (TPSA) is 377 Å². The van der Waals surface area contributed by atoms with Crippen molar-refractivity contribution in [1.82, 2.24) is 41.0 Å². The number of carbonyl (C=O) groups excluding carboxylic acids is 6. The van der Waals surface area contributed by atoms with E-state index in [-0.39, 0.29) is 55.6 Å². The number of fused-ring (bicyclic) bond motifs is 1. The molecule has 0 spiro atoms. The molecule has 0 saturated carbocycles. The first-order valence-electron chi connectivity index (χ1n) is 27.9. The number of anilines is 1. The largest absolute Gasteiger partial charge is 0.370 e. The number of benzene rings is 1. The number of amides is 6. The Morgan fingerprint density at radius 1 is 0.684 bits per heavy atom. The maximum Gasteiger partial charge on any atom is 0.264 e. The van der Waals surface area contributed by atoms with Crippen molar-refractivity contribution in [3.63, 3.8) is 0 Å². The van der Waals surface area contributed by atoms with E-state index in [2.05, 4.69) is 43.5 Å². The molecule has 1 aliphatic rings. The van der Waals surface area contributed by atoms with Gasteiger partial charge >= 0.3 is 0 Å². The lowest BCUT2D eigenvalue weighted by Gasteiger charge is -2.37. The minimum atomic E-state index is -4.58. The van der Waals surface area contributed by atoms with E-state index in [1.54, 1.807) is 24.0 Å². The Morgan fingerprint density at radius 3 is 1.81 bits per heavy atom. The van der Waals surface area contributed by atoms with Crippen molar-refractivity contribution in [3.8, 4) is 0 Å². The minimum absolute atomic E-state index is 0.0568. The number of aliphatic imine (C=N–C) groups is 1. The molecule has 0 aliphatic carbocycles. The molecule has 1 aromatic carbocycles. The summed E-state index contributed by atoms with van der Waals surface area (Å²) in [4.78, 5) is 104. The van der Waals surface area contributed by atoms with Gasteiger partial charge in [0, 0.05) is 64.3 Å². The van der Waals surface area contributed by atoms with E-state index in [4.69, 9.17) is 11.5 Å². The van der Waals surface area contributed by atoms with Crippen LogP contribution in [-0.2, 0) is 55.5 Å². The van der Waals surface area contributed by atoms with Crippen LogP contribution in [0.1, 0.15) is 149 Å². The van der Waals surface area contributed by atoms with Crippen LogP contribution in [0.5, 0.6) is 0 Å². The van der Waals surface area contributed by atoms with E-state index in [9.17, 15) is 59.5 Å². The molecular weight excluding hydrogens is 1060 g/mol. The number of carbonyl (C=O) groups is 6. The number of nitrogens with two attached hydrogens (primary N) is 2. The highest BCUT2D eigenvalue weighted by atomic mass is 32.2. The average Bonchev–Trinajstić information content (AvgIpc) is 3.43. The van der Waals surface area contributed by atoms with Crippen LogP contribution in [0, 0.1) is 5.92 Å². The van der Waals surface area contributed by atoms with Gasteiger partial charge in [-0.25, -0.2) is 4.98 Å². The van der Waals surface area contributed by atoms with Gasteiger partial charge in [0.1, 0.15) is 24.7 Å². The smallest absolute Gasteiger partial charge is 0.264 e. The number of guanidine groups is 1. The predicted molar refractivity (Wildman–Crippen MR) is 303 cm³/mol. The Bertz CT molecular complexity index is 2590. The number of aromatic nitrogens is 2. The molecule has 79 heavy (non-hydrogen) atoms. The maximum atomic E-state index is 13.6. The molecule has 25 nitrogen and oxygen atoms in total. The molecule has 6 amide bonds. The Balaban J connectivity index is 1.48. The summed E-state index contributed by atoms with van der Waals surface area (Å²) in [5, 5.41) is 13.0. The summed E-state index contributed by atoms with van der Waals surface area (Å²) in [6.45, 7) is 5.73. The van der Waals surface area contributed by atoms with Crippen LogP contribution in [0.3, 0.4) is 0 Å². The number of nitrogens with one attached hydrogen (secondary N) is 5. The third-order valence-corrected chi connectivity index (χ3v) is 15.3. The summed E-state index contributed by atoms with van der Waals surface area (Å²) < 4.78 is 66.6. The van der Waals surface area contributed by atoms with Crippen molar-refractivity contribution in [2.24, 2.45) is 22.4 Å². The molecule has 2 aromatic rings. The Hall–Kier alpha value is -5.93. The number of likely N-dealkylation sites (N-methyl/N-ethyl adjacent to an activating group) is 1. The zero-order valence-electron chi connectivity index (χ0n) is 46.4. The first-order chi connectivity index (χ1) is 37.5. The molecular formula is C52H88N12O13S2. The van der Waals surface area contributed by atoms with Gasteiger partial charge in [-0.2, -0.15) is 16.8 Å². The fourth-order valence-corrected chi connectivity index (χ4v) is 10.3. The normalized spacial score (nSPS) is 14.4. The summed E-state index contributed by atoms with van der Waals surface area (Å²) in [7, 11) is -7.68. The van der Waals surface area contributed by atoms with Crippen LogP contribution in [-0.4, -0.2) is 158 Å². The fraction of sp³-hybridized carbons (Fsp3) is 0.712. The molecule has 1 saturated heterocycles. The maximum absolute atomic E-state index is 13.6. The number of hydrogen-bond acceptors (Lipinski definition) is 14. The molecule has 1 fully saturated rings. The van der Waals surface area contributed by atoms with Crippen LogP contribution in [0.25, 0.3) is 10.9 Å². The number of piperazine rings is 1. The van der Waals surface area contributed by atoms with Crippen molar-refractivity contribution < 1.29 is 54.7 Å². The van der Waals surface area contributed by atoms with Gasteiger partial charge in [0.05, 0.1) is 28.7 Å². The zero-order chi connectivity index (χ0) is 58.4. The van der Waals surface area contributed by atoms with E-state index < -0.39 is 97.8 Å². The van der Waals surface area contributed by atoms with Crippen molar-refractivity contribution >= 4 is 78.2 Å². The Kier molecular flexibility index (Phi) is 30.4. The van der Waals surface area contributed by atoms with Gasteiger partial charge in [-0.3, -0.25) is 52.2 Å². The fourth-order valence-electron chi connectivity index (χ4n) is 9.24. The number of nitrogens with zero attached hydrogens (tertiary/aromatic N) is 5. The van der Waals surface area contributed by atoms with Gasteiger partial charge in [-0.1, -0.05) is 97.3 Å². The molecule has 446 valence electrons. The van der Waals surface area contributed by atoms with Crippen LogP contribution >= 0.6 is 0 Å². The van der Waals surface area contributed by atoms with Crippen LogP contribution in [0.4, 0.5) is 5.69 Å². The molecule has 2 heterocycles. The number of unbranched alkanes of at least 4 members (excludes halogenated alkanes) is 13. The first-order valence-corrected chi connectivity index (χ1v) is 31.1. The van der Waals surface area contributed by atoms with Crippen molar-refractivity contribution in [1.29, 1.82) is 0 Å². The number of hydrogen-bond donors (Lipinski definition) is 9. The summed E-state index contributed by atoms with van der Waals surface area (Å²) >= 11 is 0. The van der Waals surface area contributed by atoms with E-state index in [1.807, 2.05) is 11.0 Å². The molecule has 27 heteroatoms. The van der Waals surface area contributed by atoms with E-state index in [0.29, 0.717) is 63.8 Å². The van der Waals surface area contributed by atoms with Gasteiger partial charge in [-0.05, 0) is 63.1 Å². The second-order valence-electron chi connectivity index (χ2n) is 20.4. The SMILES string of the molecule is CCCCCCCCCCCCCCCC(=O)N[C@@H](CCS(=O)(=O)O)C(=O)N[C@@H](CCS(=O)(=O)O)C(=O)NCCCC[C@H](C)C(=O)N1CCN(c2ccc3ncn(CC(=O)N[C@@H](CCCN=C(N)N)C(=O)NC)c(=O)c3c2)CC1. The van der Waals surface area contributed by atoms with E-state index >= 15 is 0 Å². The van der Waals surface area contributed by atoms with Gasteiger partial charge in [0.25, 0.3) is 25.8 Å². The molecule has 0 bridgehead atoms. The molecule has 11 N–H and O–H groups in total. The van der Waals surface area contributed by atoms with Crippen molar-refractivity contribution in [2.45, 2.75) is 173 Å². The van der Waals surface area contributed by atoms with E-state index in [1.165, 1.54) is 69.3 Å². The average molecular weight is 1150 g/mol. The lowest BCUT2D eigenvalue weighted by Crippen LogP contribution is -2.54. The molecule has 1 aromatic heterocycles. The van der Waals surface area contributed by atoms with Crippen LogP contribution < -0.4 is 48.5 Å². The van der Waals surface area contributed by atoms with Crippen molar-refractivity contribution in [3.05, 3.63) is 34.9 Å². The van der Waals surface area contributed by atoms with Gasteiger partial charge in [0.15, 0.2) is 5.96 Å². The highest BCUT2D eigenvalue weighted by molar-refractivity contribution is 7.86. The van der Waals surface area contributed by atoms with Crippen LogP contribution in [0.2, 0.25) is 0 Å². The summed E-state index contributed by atoms with van der Waals surface area (Å²) in [5.74, 6) is -5.56. The minimum Gasteiger partial charge on any atom is -0.370 e. The Labute approximate surface area is 465 Å². The van der Waals surface area contributed by atoms with Gasteiger partial charge in [-0.15, -0.1) is 0 Å². The van der Waals surface area contributed by atoms with Crippen molar-refractivity contribution in [2.75, 3.05) is 62.7 Å². The summed E-state index contributed by atoms with van der Waals surface area (Å²) in [5.41, 5.74) is 11.4. The number of rotatable bonds is 39. The van der Waals surface area contributed by atoms with Gasteiger partial charge < -0.3 is 47.9 Å². The predicted octanol–water partition coefficient (Wildman–Crippen LogP) is 2.26. The first kappa shape index (κ1) is 67.3.